The van der Waals surface area contributed by atoms with Crippen LogP contribution in [0.4, 0.5) is 0 Å². The average Bonchev–Trinajstić information content (AvgIpc) is 3.18. The van der Waals surface area contributed by atoms with Gasteiger partial charge in [0.2, 0.25) is 0 Å². The van der Waals surface area contributed by atoms with Crippen LogP contribution < -0.4 is 0 Å². The van der Waals surface area contributed by atoms with Crippen LogP contribution in [0.1, 0.15) is 65.3 Å². The average molecular weight is 555 g/mol. The fourth-order valence-electron chi connectivity index (χ4n) is 4.54. The molecule has 0 atom stereocenters. The van der Waals surface area contributed by atoms with E-state index < -0.39 is 0 Å². The van der Waals surface area contributed by atoms with Gasteiger partial charge in [-0.1, -0.05) is 72.9 Å². The molecule has 0 nitrogen and oxygen atoms in total. The molecule has 0 aromatic heterocycles. The fraction of sp³-hybridized carbons (Fsp3) is 0.429. The van der Waals surface area contributed by atoms with Gasteiger partial charge in [0.15, 0.2) is 0 Å². The first-order chi connectivity index (χ1) is 12.1. The molecule has 29 heavy (non-hydrogen) atoms. The summed E-state index contributed by atoms with van der Waals surface area (Å²) in [5.74, 6) is 0. The normalized spacial score (nSPS) is 13.5. The van der Waals surface area contributed by atoms with Gasteiger partial charge < -0.3 is 14.9 Å². The number of hydrogen-bond donors (Lipinski definition) is 0. The molecule has 0 spiro atoms. The van der Waals surface area contributed by atoms with Crippen molar-refractivity contribution in [3.05, 3.63) is 83.6 Å². The second kappa shape index (κ2) is 10.4. The zero-order valence-electron chi connectivity index (χ0n) is 20.4. The van der Waals surface area contributed by atoms with Crippen LogP contribution in [0, 0.1) is 54.9 Å². The molecule has 0 radical (unpaired) electrons. The Labute approximate surface area is 199 Å². The Morgan fingerprint density at radius 2 is 1.38 bits per heavy atom. The molecule has 0 amide bonds. The molecule has 0 saturated heterocycles. The van der Waals surface area contributed by atoms with E-state index in [0.717, 1.165) is 6.42 Å². The van der Waals surface area contributed by atoms with Crippen molar-refractivity contribution in [3.8, 4) is 0 Å². The summed E-state index contributed by atoms with van der Waals surface area (Å²) in [4.78, 5) is 0. The summed E-state index contributed by atoms with van der Waals surface area (Å²) in [5.41, 5.74) is 12.5. The van der Waals surface area contributed by atoms with E-state index in [4.69, 9.17) is 0 Å². The van der Waals surface area contributed by atoms with Gasteiger partial charge in [0.1, 0.15) is 0 Å². The molecule has 4 rings (SSSR count). The first-order valence-corrected chi connectivity index (χ1v) is 10.0. The minimum atomic E-state index is 0. The van der Waals surface area contributed by atoms with Crippen molar-refractivity contribution in [3.63, 3.8) is 0 Å². The maximum absolute atomic E-state index is 2.44. The molecular formula is C28H40Hf. The summed E-state index contributed by atoms with van der Waals surface area (Å²) < 4.78 is 0. The Balaban J connectivity index is 0.000000535. The Morgan fingerprint density at radius 3 is 1.79 bits per heavy atom. The van der Waals surface area contributed by atoms with Crippen molar-refractivity contribution >= 4 is 10.8 Å². The largest absolute Gasteiger partial charge is 4.00 e. The smallest absolute Gasteiger partial charge is 0.358 e. The van der Waals surface area contributed by atoms with E-state index in [1.807, 2.05) is 0 Å². The van der Waals surface area contributed by atoms with Crippen LogP contribution in [-0.2, 0) is 45.1 Å². The van der Waals surface area contributed by atoms with Gasteiger partial charge in [-0.25, -0.2) is 0 Å². The first kappa shape index (κ1) is 28.1. The summed E-state index contributed by atoms with van der Waals surface area (Å²) in [7, 11) is 0. The topological polar surface area (TPSA) is 0 Å². The molecule has 156 valence electrons. The fourth-order valence-corrected chi connectivity index (χ4v) is 4.54. The predicted molar refractivity (Wildman–Crippen MR) is 129 cm³/mol. The maximum atomic E-state index is 2.44. The molecular weight excluding hydrogens is 515 g/mol. The van der Waals surface area contributed by atoms with Crippen LogP contribution in [0.3, 0.4) is 0 Å². The van der Waals surface area contributed by atoms with Crippen LogP contribution in [0.5, 0.6) is 0 Å². The molecule has 1 aliphatic carbocycles. The molecule has 1 heteroatoms. The van der Waals surface area contributed by atoms with Crippen molar-refractivity contribution in [1.29, 1.82) is 0 Å². The van der Waals surface area contributed by atoms with Gasteiger partial charge in [0, 0.05) is 0 Å². The number of aryl methyl sites for hydroxylation is 1. The van der Waals surface area contributed by atoms with Crippen molar-refractivity contribution in [2.45, 2.75) is 74.7 Å². The summed E-state index contributed by atoms with van der Waals surface area (Å²) in [6, 6.07) is 9.42. The monoisotopic (exact) mass is 556 g/mol. The van der Waals surface area contributed by atoms with Crippen LogP contribution in [0.25, 0.3) is 10.8 Å². The third kappa shape index (κ3) is 5.40. The second-order valence-electron chi connectivity index (χ2n) is 9.06. The van der Waals surface area contributed by atoms with E-state index in [-0.39, 0.29) is 40.7 Å². The molecule has 0 aliphatic heterocycles. The van der Waals surface area contributed by atoms with E-state index in [0.29, 0.717) is 5.41 Å². The maximum Gasteiger partial charge on any atom is 4.00 e. The van der Waals surface area contributed by atoms with Gasteiger partial charge in [-0.15, -0.1) is 34.5 Å². The molecule has 0 saturated carbocycles. The Bertz CT molecular complexity index is 866. The zero-order valence-corrected chi connectivity index (χ0v) is 24.0. The predicted octanol–water partition coefficient (Wildman–Crippen LogP) is 8.09. The van der Waals surface area contributed by atoms with Gasteiger partial charge in [0.05, 0.1) is 0 Å². The van der Waals surface area contributed by atoms with Crippen LogP contribution >= 0.6 is 0 Å². The van der Waals surface area contributed by atoms with Gasteiger partial charge in [0.25, 0.3) is 0 Å². The quantitative estimate of drug-likeness (QED) is 0.211. The number of rotatable bonds is 1. The standard InChI is InChI=1S/C16H19.C10H15.2CH3.Hf/c1-4-11-5-6-12-7-13-9-16(2,3)10-14(13)8-15(11)12;1-6-7(2)9(4)10(5)8(6)3;;;/h5-8H,4,9-10H2,1-3H3;1-5H3;2*1H3;/q4*-1;+4. The van der Waals surface area contributed by atoms with Crippen molar-refractivity contribution in [1.82, 2.24) is 0 Å². The van der Waals surface area contributed by atoms with Crippen molar-refractivity contribution in [2.75, 3.05) is 0 Å². The van der Waals surface area contributed by atoms with Crippen LogP contribution in [0.2, 0.25) is 0 Å². The van der Waals surface area contributed by atoms with E-state index in [2.05, 4.69) is 79.7 Å². The molecule has 0 unspecified atom stereocenters. The molecule has 0 fully saturated rings. The molecule has 0 bridgehead atoms. The molecule has 3 aromatic carbocycles. The summed E-state index contributed by atoms with van der Waals surface area (Å²) in [5, 5.41) is 2.92. The van der Waals surface area contributed by atoms with Gasteiger partial charge in [-0.3, -0.25) is 0 Å². The molecule has 1 aliphatic rings. The summed E-state index contributed by atoms with van der Waals surface area (Å²) in [6.45, 7) is 18.0. The second-order valence-corrected chi connectivity index (χ2v) is 9.06. The Kier molecular flexibility index (Phi) is 10.0. The number of fused-ring (bicyclic) bond motifs is 2. The van der Waals surface area contributed by atoms with Crippen LogP contribution in [0.15, 0.2) is 24.3 Å². The summed E-state index contributed by atoms with van der Waals surface area (Å²) in [6.07, 6.45) is 3.63. The minimum Gasteiger partial charge on any atom is -0.358 e. The van der Waals surface area contributed by atoms with Gasteiger partial charge in [-0.2, -0.15) is 33.9 Å². The minimum absolute atomic E-state index is 0. The van der Waals surface area contributed by atoms with E-state index in [1.165, 1.54) is 57.0 Å². The van der Waals surface area contributed by atoms with E-state index in [1.54, 1.807) is 11.1 Å². The summed E-state index contributed by atoms with van der Waals surface area (Å²) >= 11 is 0. The van der Waals surface area contributed by atoms with Gasteiger partial charge >= 0.3 is 25.8 Å². The van der Waals surface area contributed by atoms with Crippen LogP contribution in [-0.4, -0.2) is 0 Å². The van der Waals surface area contributed by atoms with Gasteiger partial charge in [-0.05, 0) is 18.3 Å². The van der Waals surface area contributed by atoms with E-state index >= 15 is 0 Å². The molecule has 0 N–H and O–H groups in total. The van der Waals surface area contributed by atoms with Crippen molar-refractivity contribution < 1.29 is 25.8 Å². The Hall–Kier alpha value is -0.950. The third-order valence-electron chi connectivity index (χ3n) is 6.71. The number of benzene rings is 1. The SMILES string of the molecule is CC[c-]1ccc2cc3c(cc21)CC(C)(C)C3.Cc1c(C)c(C)[c-](C)c1C.[CH3-].[CH3-].[Hf+4]. The van der Waals surface area contributed by atoms with Crippen molar-refractivity contribution in [2.24, 2.45) is 5.41 Å². The van der Waals surface area contributed by atoms with E-state index in [9.17, 15) is 0 Å². The zero-order chi connectivity index (χ0) is 19.2. The third-order valence-corrected chi connectivity index (χ3v) is 6.71. The first-order valence-electron chi connectivity index (χ1n) is 10.0. The Morgan fingerprint density at radius 1 is 0.897 bits per heavy atom. The molecule has 0 heterocycles. The molecule has 3 aromatic rings. The number of hydrogen-bond acceptors (Lipinski definition) is 0.